The van der Waals surface area contributed by atoms with Gasteiger partial charge in [0.15, 0.2) is 0 Å². The molecule has 120 valence electrons. The highest BCUT2D eigenvalue weighted by Crippen LogP contribution is 2.18. The summed E-state index contributed by atoms with van der Waals surface area (Å²) in [5.74, 6) is -0.111. The molecule has 1 amide bonds. The zero-order valence-electron chi connectivity index (χ0n) is 12.5. The molecule has 0 spiro atoms. The number of amides is 1. The Kier molecular flexibility index (Phi) is 4.86. The van der Waals surface area contributed by atoms with Crippen LogP contribution in [0.25, 0.3) is 0 Å². The van der Waals surface area contributed by atoms with Crippen LogP contribution in [0, 0.1) is 5.82 Å². The van der Waals surface area contributed by atoms with Crippen LogP contribution < -0.4 is 10.6 Å². The number of rotatable bonds is 4. The second-order valence-corrected chi connectivity index (χ2v) is 5.94. The van der Waals surface area contributed by atoms with Crippen LogP contribution in [0.1, 0.15) is 10.4 Å². The lowest BCUT2D eigenvalue weighted by molar-refractivity contribution is 0.102. The largest absolute Gasteiger partial charge is 0.354 e. The predicted octanol–water partition coefficient (Wildman–Crippen LogP) is 4.98. The van der Waals surface area contributed by atoms with Gasteiger partial charge >= 0.3 is 0 Å². The quantitative estimate of drug-likeness (QED) is 0.665. The maximum Gasteiger partial charge on any atom is 0.256 e. The van der Waals surface area contributed by atoms with E-state index < -0.39 is 0 Å². The van der Waals surface area contributed by atoms with E-state index in [-0.39, 0.29) is 11.7 Å². The number of aromatic nitrogens is 1. The Morgan fingerprint density at radius 1 is 1.00 bits per heavy atom. The van der Waals surface area contributed by atoms with Gasteiger partial charge in [-0.2, -0.15) is 0 Å². The van der Waals surface area contributed by atoms with Crippen molar-refractivity contribution in [2.75, 3.05) is 10.6 Å². The van der Waals surface area contributed by atoms with Gasteiger partial charge in [-0.1, -0.05) is 22.0 Å². The second-order valence-electron chi connectivity index (χ2n) is 5.03. The Morgan fingerprint density at radius 3 is 2.46 bits per heavy atom. The van der Waals surface area contributed by atoms with Gasteiger partial charge in [-0.05, 0) is 54.6 Å². The van der Waals surface area contributed by atoms with Crippen molar-refractivity contribution in [3.05, 3.63) is 82.7 Å². The van der Waals surface area contributed by atoms with E-state index in [0.717, 1.165) is 4.47 Å². The molecule has 3 aromatic rings. The molecule has 0 bridgehead atoms. The Morgan fingerprint density at radius 2 is 1.79 bits per heavy atom. The van der Waals surface area contributed by atoms with Crippen molar-refractivity contribution in [1.29, 1.82) is 0 Å². The van der Waals surface area contributed by atoms with Crippen LogP contribution in [-0.2, 0) is 0 Å². The van der Waals surface area contributed by atoms with Gasteiger partial charge in [0.1, 0.15) is 11.6 Å². The molecule has 0 unspecified atom stereocenters. The van der Waals surface area contributed by atoms with Crippen LogP contribution in [0.4, 0.5) is 21.6 Å². The molecule has 0 radical (unpaired) electrons. The number of anilines is 3. The van der Waals surface area contributed by atoms with E-state index in [9.17, 15) is 9.18 Å². The zero-order chi connectivity index (χ0) is 16.9. The minimum absolute atomic E-state index is 0.235. The van der Waals surface area contributed by atoms with E-state index in [2.05, 4.69) is 31.5 Å². The summed E-state index contributed by atoms with van der Waals surface area (Å²) >= 11 is 3.33. The molecule has 0 aliphatic carbocycles. The first kappa shape index (κ1) is 16.1. The summed E-state index contributed by atoms with van der Waals surface area (Å²) in [6.07, 6.45) is 1.57. The molecule has 3 rings (SSSR count). The van der Waals surface area contributed by atoms with E-state index in [1.807, 2.05) is 0 Å². The van der Waals surface area contributed by atoms with Crippen LogP contribution in [0.3, 0.4) is 0 Å². The minimum atomic E-state index is -0.314. The summed E-state index contributed by atoms with van der Waals surface area (Å²) in [7, 11) is 0. The van der Waals surface area contributed by atoms with Crippen molar-refractivity contribution >= 4 is 39.0 Å². The molecule has 2 N–H and O–H groups in total. The van der Waals surface area contributed by atoms with E-state index in [4.69, 9.17) is 0 Å². The van der Waals surface area contributed by atoms with Crippen molar-refractivity contribution in [2.24, 2.45) is 0 Å². The molecule has 0 aliphatic rings. The molecule has 0 fully saturated rings. The first-order valence-electron chi connectivity index (χ1n) is 7.16. The maximum absolute atomic E-state index is 13.2. The minimum Gasteiger partial charge on any atom is -0.354 e. The number of hydrogen-bond acceptors (Lipinski definition) is 3. The summed E-state index contributed by atoms with van der Waals surface area (Å²) in [6, 6.07) is 16.6. The molecule has 0 saturated carbocycles. The van der Waals surface area contributed by atoms with Gasteiger partial charge in [0, 0.05) is 15.7 Å². The SMILES string of the molecule is O=C(Nc1ccc(Nc2cccc(F)c2)cn1)c1ccc(Br)cc1. The third-order valence-electron chi connectivity index (χ3n) is 3.22. The van der Waals surface area contributed by atoms with Gasteiger partial charge in [0.2, 0.25) is 0 Å². The van der Waals surface area contributed by atoms with E-state index in [1.54, 1.807) is 54.7 Å². The van der Waals surface area contributed by atoms with Crippen LogP contribution in [-0.4, -0.2) is 10.9 Å². The Labute approximate surface area is 146 Å². The first-order valence-corrected chi connectivity index (χ1v) is 7.95. The van der Waals surface area contributed by atoms with E-state index >= 15 is 0 Å². The molecule has 1 aromatic heterocycles. The van der Waals surface area contributed by atoms with Crippen molar-refractivity contribution < 1.29 is 9.18 Å². The Balaban J connectivity index is 1.66. The fraction of sp³-hybridized carbons (Fsp3) is 0. The average molecular weight is 386 g/mol. The lowest BCUT2D eigenvalue weighted by Crippen LogP contribution is -2.12. The highest BCUT2D eigenvalue weighted by Gasteiger charge is 2.06. The molecule has 2 aromatic carbocycles. The van der Waals surface area contributed by atoms with Crippen LogP contribution in [0.2, 0.25) is 0 Å². The summed E-state index contributed by atoms with van der Waals surface area (Å²) in [5.41, 5.74) is 1.87. The average Bonchev–Trinajstić information content (AvgIpc) is 2.57. The van der Waals surface area contributed by atoms with Crippen LogP contribution >= 0.6 is 15.9 Å². The number of nitrogens with one attached hydrogen (secondary N) is 2. The van der Waals surface area contributed by atoms with Gasteiger partial charge in [0.05, 0.1) is 11.9 Å². The number of pyridine rings is 1. The van der Waals surface area contributed by atoms with Crippen LogP contribution in [0.5, 0.6) is 0 Å². The zero-order valence-corrected chi connectivity index (χ0v) is 14.0. The molecular formula is C18H13BrFN3O. The van der Waals surface area contributed by atoms with E-state index in [0.29, 0.717) is 22.8 Å². The second kappa shape index (κ2) is 7.23. The molecular weight excluding hydrogens is 373 g/mol. The number of nitrogens with zero attached hydrogens (tertiary/aromatic N) is 1. The molecule has 6 heteroatoms. The summed E-state index contributed by atoms with van der Waals surface area (Å²) < 4.78 is 14.1. The van der Waals surface area contributed by atoms with Crippen molar-refractivity contribution in [3.8, 4) is 0 Å². The molecule has 0 saturated heterocycles. The number of carbonyl (C=O) groups is 1. The fourth-order valence-corrected chi connectivity index (χ4v) is 2.33. The lowest BCUT2D eigenvalue weighted by Gasteiger charge is -2.08. The summed E-state index contributed by atoms with van der Waals surface area (Å²) in [6.45, 7) is 0. The van der Waals surface area contributed by atoms with Gasteiger partial charge in [-0.25, -0.2) is 9.37 Å². The lowest BCUT2D eigenvalue weighted by atomic mass is 10.2. The third-order valence-corrected chi connectivity index (χ3v) is 3.75. The smallest absolute Gasteiger partial charge is 0.256 e. The molecule has 24 heavy (non-hydrogen) atoms. The Bertz CT molecular complexity index is 851. The highest BCUT2D eigenvalue weighted by atomic mass is 79.9. The maximum atomic E-state index is 13.2. The molecule has 0 aliphatic heterocycles. The monoisotopic (exact) mass is 385 g/mol. The van der Waals surface area contributed by atoms with Crippen LogP contribution in [0.15, 0.2) is 71.3 Å². The molecule has 1 heterocycles. The molecule has 0 atom stereocenters. The van der Waals surface area contributed by atoms with Crippen molar-refractivity contribution in [1.82, 2.24) is 4.98 Å². The van der Waals surface area contributed by atoms with E-state index in [1.165, 1.54) is 12.1 Å². The predicted molar refractivity (Wildman–Crippen MR) is 96.0 cm³/mol. The van der Waals surface area contributed by atoms with Crippen molar-refractivity contribution in [3.63, 3.8) is 0 Å². The fourth-order valence-electron chi connectivity index (χ4n) is 2.06. The van der Waals surface area contributed by atoms with Crippen molar-refractivity contribution in [2.45, 2.75) is 0 Å². The summed E-state index contributed by atoms with van der Waals surface area (Å²) in [4.78, 5) is 16.3. The standard InChI is InChI=1S/C18H13BrFN3O/c19-13-6-4-12(5-7-13)18(24)23-17-9-8-16(11-21-17)22-15-3-1-2-14(20)10-15/h1-11,22H,(H,21,23,24). The topological polar surface area (TPSA) is 54.0 Å². The Hall–Kier alpha value is -2.73. The number of benzene rings is 2. The molecule has 4 nitrogen and oxygen atoms in total. The van der Waals surface area contributed by atoms with Gasteiger partial charge in [0.25, 0.3) is 5.91 Å². The highest BCUT2D eigenvalue weighted by molar-refractivity contribution is 9.10. The normalized spacial score (nSPS) is 10.2. The number of hydrogen-bond donors (Lipinski definition) is 2. The third kappa shape index (κ3) is 4.17. The van der Waals surface area contributed by atoms with Gasteiger partial charge in [-0.15, -0.1) is 0 Å². The number of carbonyl (C=O) groups excluding carboxylic acids is 1. The summed E-state index contributed by atoms with van der Waals surface area (Å²) in [5, 5.41) is 5.77. The first-order chi connectivity index (χ1) is 11.6. The van der Waals surface area contributed by atoms with Gasteiger partial charge < -0.3 is 10.6 Å². The number of halogens is 2. The van der Waals surface area contributed by atoms with Gasteiger partial charge in [-0.3, -0.25) is 4.79 Å².